The van der Waals surface area contributed by atoms with E-state index in [0.717, 1.165) is 32.4 Å². The molecule has 1 aliphatic heterocycles. The van der Waals surface area contributed by atoms with E-state index in [0.29, 0.717) is 11.8 Å². The third-order valence-corrected chi connectivity index (χ3v) is 5.48. The molecule has 1 saturated heterocycles. The summed E-state index contributed by atoms with van der Waals surface area (Å²) in [5.74, 6) is 7.21. The Morgan fingerprint density at radius 2 is 2.15 bits per heavy atom. The molecule has 1 aromatic carbocycles. The van der Waals surface area contributed by atoms with Crippen molar-refractivity contribution >= 4 is 5.91 Å². The number of nitrogens with two attached hydrogens (primary N) is 1. The fourth-order valence-electron chi connectivity index (χ4n) is 3.96. The Morgan fingerprint density at radius 3 is 2.73 bits per heavy atom. The molecule has 1 heterocycles. The van der Waals surface area contributed by atoms with Crippen molar-refractivity contribution in [2.45, 2.75) is 59.8 Å². The lowest BCUT2D eigenvalue weighted by molar-refractivity contribution is -0.130. The second-order valence-corrected chi connectivity index (χ2v) is 7.80. The Labute approximate surface area is 159 Å². The van der Waals surface area contributed by atoms with Gasteiger partial charge in [-0.2, -0.15) is 0 Å². The maximum Gasteiger partial charge on any atom is 0.243 e. The molecule has 2 atom stereocenters. The zero-order valence-electron chi connectivity index (χ0n) is 17.1. The van der Waals surface area contributed by atoms with Gasteiger partial charge in [0.25, 0.3) is 0 Å². The van der Waals surface area contributed by atoms with E-state index in [1.165, 1.54) is 22.3 Å². The standard InChI is InChI=1S/C22H35N3O/c1-6-19-9-8-16(3)12-21(19)20(7-2)18(5)14-25(23)15-22(26)24-11-10-17(4)13-24/h8-9,12,14,17,20H,6-7,10-11,13,15,23H2,1-5H3/b18-14-. The van der Waals surface area contributed by atoms with Crippen LogP contribution in [0.1, 0.15) is 63.1 Å². The van der Waals surface area contributed by atoms with E-state index < -0.39 is 0 Å². The molecule has 1 amide bonds. The first-order chi connectivity index (χ1) is 12.3. The molecule has 0 aliphatic carbocycles. The van der Waals surface area contributed by atoms with Crippen molar-refractivity contribution in [2.24, 2.45) is 11.8 Å². The van der Waals surface area contributed by atoms with Gasteiger partial charge in [0, 0.05) is 25.2 Å². The minimum atomic E-state index is 0.124. The average Bonchev–Trinajstić information content (AvgIpc) is 3.02. The van der Waals surface area contributed by atoms with Crippen LogP contribution in [-0.2, 0) is 11.2 Å². The van der Waals surface area contributed by atoms with E-state index >= 15 is 0 Å². The molecule has 2 unspecified atom stereocenters. The number of benzene rings is 1. The minimum absolute atomic E-state index is 0.124. The first-order valence-corrected chi connectivity index (χ1v) is 9.92. The first kappa shape index (κ1) is 20.5. The quantitative estimate of drug-likeness (QED) is 0.593. The molecule has 0 saturated carbocycles. The maximum atomic E-state index is 12.4. The van der Waals surface area contributed by atoms with Crippen molar-refractivity contribution in [2.75, 3.05) is 19.6 Å². The van der Waals surface area contributed by atoms with Gasteiger partial charge in [-0.15, -0.1) is 0 Å². The molecule has 0 bridgehead atoms. The summed E-state index contributed by atoms with van der Waals surface area (Å²) in [5, 5.41) is 1.56. The molecule has 1 aliphatic rings. The summed E-state index contributed by atoms with van der Waals surface area (Å²) in [6.45, 7) is 12.8. The van der Waals surface area contributed by atoms with Gasteiger partial charge >= 0.3 is 0 Å². The van der Waals surface area contributed by atoms with Gasteiger partial charge in [0.1, 0.15) is 6.54 Å². The van der Waals surface area contributed by atoms with Gasteiger partial charge in [0.2, 0.25) is 5.91 Å². The number of hydrogen-bond acceptors (Lipinski definition) is 3. The highest BCUT2D eigenvalue weighted by atomic mass is 16.2. The molecule has 144 valence electrons. The smallest absolute Gasteiger partial charge is 0.243 e. The van der Waals surface area contributed by atoms with E-state index in [4.69, 9.17) is 5.84 Å². The van der Waals surface area contributed by atoms with Crippen LogP contribution in [0.25, 0.3) is 0 Å². The molecule has 1 fully saturated rings. The van der Waals surface area contributed by atoms with Crippen LogP contribution in [0.4, 0.5) is 0 Å². The molecule has 2 rings (SSSR count). The third kappa shape index (κ3) is 5.10. The van der Waals surface area contributed by atoms with E-state index in [-0.39, 0.29) is 12.5 Å². The topological polar surface area (TPSA) is 49.6 Å². The Bertz CT molecular complexity index is 653. The fraction of sp³-hybridized carbons (Fsp3) is 0.591. The van der Waals surface area contributed by atoms with E-state index in [1.54, 1.807) is 5.01 Å². The van der Waals surface area contributed by atoms with Crippen LogP contribution in [0.3, 0.4) is 0 Å². The van der Waals surface area contributed by atoms with Crippen molar-refractivity contribution < 1.29 is 4.79 Å². The van der Waals surface area contributed by atoms with Gasteiger partial charge in [0.05, 0.1) is 0 Å². The van der Waals surface area contributed by atoms with Crippen LogP contribution >= 0.6 is 0 Å². The SMILES string of the molecule is CCc1ccc(C)cc1C(CC)/C(C)=C\N(N)CC(=O)N1CCC(C)C1. The summed E-state index contributed by atoms with van der Waals surface area (Å²) in [4.78, 5) is 14.3. The molecule has 4 nitrogen and oxygen atoms in total. The summed E-state index contributed by atoms with van der Waals surface area (Å²) >= 11 is 0. The van der Waals surface area contributed by atoms with E-state index in [1.807, 2.05) is 11.1 Å². The zero-order chi connectivity index (χ0) is 19.3. The lowest BCUT2D eigenvalue weighted by atomic mass is 9.85. The van der Waals surface area contributed by atoms with Crippen LogP contribution in [-0.4, -0.2) is 35.5 Å². The number of nitrogens with zero attached hydrogens (tertiary/aromatic N) is 2. The minimum Gasteiger partial charge on any atom is -0.341 e. The molecule has 26 heavy (non-hydrogen) atoms. The molecule has 0 radical (unpaired) electrons. The van der Waals surface area contributed by atoms with E-state index in [9.17, 15) is 4.79 Å². The molecule has 2 N–H and O–H groups in total. The lowest BCUT2D eigenvalue weighted by Gasteiger charge is -2.24. The fourth-order valence-corrected chi connectivity index (χ4v) is 3.96. The molecule has 4 heteroatoms. The van der Waals surface area contributed by atoms with Crippen LogP contribution in [0.2, 0.25) is 0 Å². The second-order valence-electron chi connectivity index (χ2n) is 7.80. The number of hydrazine groups is 1. The van der Waals surface area contributed by atoms with Crippen molar-refractivity contribution in [1.82, 2.24) is 9.91 Å². The maximum absolute atomic E-state index is 12.4. The highest BCUT2D eigenvalue weighted by Gasteiger charge is 2.24. The predicted molar refractivity (Wildman–Crippen MR) is 109 cm³/mol. The number of rotatable bonds is 7. The number of aryl methyl sites for hydroxylation is 2. The normalized spacial score (nSPS) is 18.9. The Balaban J connectivity index is 2.10. The largest absolute Gasteiger partial charge is 0.341 e. The summed E-state index contributed by atoms with van der Waals surface area (Å²) in [6.07, 6.45) is 5.09. The molecule has 0 spiro atoms. The van der Waals surface area contributed by atoms with Crippen LogP contribution in [0, 0.1) is 12.8 Å². The summed E-state index contributed by atoms with van der Waals surface area (Å²) < 4.78 is 0. The molecule has 0 aromatic heterocycles. The summed E-state index contributed by atoms with van der Waals surface area (Å²) in [6, 6.07) is 6.71. The Hall–Kier alpha value is -1.81. The number of allylic oxidation sites excluding steroid dienone is 1. The van der Waals surface area contributed by atoms with Crippen molar-refractivity contribution in [3.63, 3.8) is 0 Å². The Morgan fingerprint density at radius 1 is 1.42 bits per heavy atom. The predicted octanol–water partition coefficient (Wildman–Crippen LogP) is 4.00. The molecular weight excluding hydrogens is 322 g/mol. The molecule has 1 aromatic rings. The van der Waals surface area contributed by atoms with Gasteiger partial charge in [0.15, 0.2) is 0 Å². The number of hydrogen-bond donors (Lipinski definition) is 1. The average molecular weight is 358 g/mol. The number of carbonyl (C=O) groups is 1. The van der Waals surface area contributed by atoms with Crippen molar-refractivity contribution in [3.8, 4) is 0 Å². The van der Waals surface area contributed by atoms with Crippen LogP contribution in [0.15, 0.2) is 30.0 Å². The van der Waals surface area contributed by atoms with Gasteiger partial charge in [-0.1, -0.05) is 44.5 Å². The van der Waals surface area contributed by atoms with Crippen LogP contribution in [0.5, 0.6) is 0 Å². The Kier molecular flexibility index (Phi) is 7.27. The lowest BCUT2D eigenvalue weighted by Crippen LogP contribution is -2.40. The van der Waals surface area contributed by atoms with Gasteiger partial charge in [-0.25, -0.2) is 5.84 Å². The van der Waals surface area contributed by atoms with Crippen molar-refractivity contribution in [3.05, 3.63) is 46.7 Å². The van der Waals surface area contributed by atoms with Crippen LogP contribution < -0.4 is 5.84 Å². The van der Waals surface area contributed by atoms with Gasteiger partial charge in [-0.3, -0.25) is 4.79 Å². The third-order valence-electron chi connectivity index (χ3n) is 5.48. The summed E-state index contributed by atoms with van der Waals surface area (Å²) in [5.41, 5.74) is 5.27. The van der Waals surface area contributed by atoms with E-state index in [2.05, 4.69) is 52.8 Å². The number of likely N-dealkylation sites (tertiary alicyclic amines) is 1. The zero-order valence-corrected chi connectivity index (χ0v) is 17.1. The first-order valence-electron chi connectivity index (χ1n) is 9.92. The van der Waals surface area contributed by atoms with Crippen molar-refractivity contribution in [1.29, 1.82) is 0 Å². The molecular formula is C22H35N3O. The second kappa shape index (κ2) is 9.22. The highest BCUT2D eigenvalue weighted by Crippen LogP contribution is 2.31. The number of carbonyl (C=O) groups excluding carboxylic acids is 1. The van der Waals surface area contributed by atoms with Gasteiger partial charge < -0.3 is 9.91 Å². The monoisotopic (exact) mass is 357 g/mol. The number of amides is 1. The summed E-state index contributed by atoms with van der Waals surface area (Å²) in [7, 11) is 0. The highest BCUT2D eigenvalue weighted by molar-refractivity contribution is 5.78. The van der Waals surface area contributed by atoms with Gasteiger partial charge in [-0.05, 0) is 55.7 Å².